The van der Waals surface area contributed by atoms with Gasteiger partial charge in [0.15, 0.2) is 0 Å². The van der Waals surface area contributed by atoms with Crippen molar-refractivity contribution in [1.29, 1.82) is 0 Å². The minimum absolute atomic E-state index is 0.710. The molecule has 1 heterocycles. The predicted molar refractivity (Wildman–Crippen MR) is 78.6 cm³/mol. The molecular formula is C15H23N3O. The Kier molecular flexibility index (Phi) is 5.21. The van der Waals surface area contributed by atoms with Crippen molar-refractivity contribution in [3.05, 3.63) is 29.8 Å². The van der Waals surface area contributed by atoms with E-state index in [9.17, 15) is 0 Å². The van der Waals surface area contributed by atoms with Crippen LogP contribution in [0, 0.1) is 5.92 Å². The maximum Gasteiger partial charge on any atom is 0.128 e. The molecule has 1 aliphatic heterocycles. The van der Waals surface area contributed by atoms with Crippen LogP contribution in [0.5, 0.6) is 5.75 Å². The van der Waals surface area contributed by atoms with Crippen molar-refractivity contribution in [3.63, 3.8) is 0 Å². The molecule has 1 atom stereocenters. The summed E-state index contributed by atoms with van der Waals surface area (Å²) in [4.78, 5) is 2.48. The number of hydrogen-bond donors (Lipinski definition) is 1. The fourth-order valence-electron chi connectivity index (χ4n) is 2.57. The Morgan fingerprint density at radius 2 is 2.32 bits per heavy atom. The molecule has 104 valence electrons. The summed E-state index contributed by atoms with van der Waals surface area (Å²) in [5, 5.41) is 3.56. The SMILES string of the molecule is CC1CCCN(CCOc2ccccc2C=NN)C1. The number of benzene rings is 1. The lowest BCUT2D eigenvalue weighted by Crippen LogP contribution is -2.37. The Morgan fingerprint density at radius 1 is 1.47 bits per heavy atom. The molecule has 0 spiro atoms. The smallest absolute Gasteiger partial charge is 0.128 e. The van der Waals surface area contributed by atoms with Crippen molar-refractivity contribution >= 4 is 6.21 Å². The van der Waals surface area contributed by atoms with Crippen LogP contribution in [0.4, 0.5) is 0 Å². The van der Waals surface area contributed by atoms with Crippen LogP contribution >= 0.6 is 0 Å². The molecule has 1 aromatic carbocycles. The number of para-hydroxylation sites is 1. The molecule has 1 aromatic rings. The zero-order chi connectivity index (χ0) is 13.5. The Bertz CT molecular complexity index is 420. The Morgan fingerprint density at radius 3 is 3.11 bits per heavy atom. The molecule has 19 heavy (non-hydrogen) atoms. The quantitative estimate of drug-likeness (QED) is 0.501. The van der Waals surface area contributed by atoms with Crippen LogP contribution in [-0.2, 0) is 0 Å². The zero-order valence-electron chi connectivity index (χ0n) is 11.6. The van der Waals surface area contributed by atoms with Crippen molar-refractivity contribution in [2.45, 2.75) is 19.8 Å². The predicted octanol–water partition coefficient (Wildman–Crippen LogP) is 2.09. The lowest BCUT2D eigenvalue weighted by Gasteiger charge is -2.30. The van der Waals surface area contributed by atoms with Gasteiger partial charge in [-0.15, -0.1) is 0 Å². The molecule has 1 saturated heterocycles. The van der Waals surface area contributed by atoms with E-state index in [1.54, 1.807) is 6.21 Å². The summed E-state index contributed by atoms with van der Waals surface area (Å²) in [5.74, 6) is 6.86. The monoisotopic (exact) mass is 261 g/mol. The van der Waals surface area contributed by atoms with E-state index in [-0.39, 0.29) is 0 Å². The van der Waals surface area contributed by atoms with Gasteiger partial charge in [-0.05, 0) is 37.4 Å². The molecule has 0 saturated carbocycles. The standard InChI is InChI=1S/C15H23N3O/c1-13-5-4-8-18(12-13)9-10-19-15-7-3-2-6-14(15)11-17-16/h2-3,6-7,11,13H,4-5,8-10,12,16H2,1H3. The number of nitrogens with zero attached hydrogens (tertiary/aromatic N) is 2. The van der Waals surface area contributed by atoms with E-state index >= 15 is 0 Å². The van der Waals surface area contributed by atoms with Crippen molar-refractivity contribution in [2.24, 2.45) is 16.9 Å². The first-order valence-electron chi connectivity index (χ1n) is 6.97. The number of rotatable bonds is 5. The highest BCUT2D eigenvalue weighted by Gasteiger charge is 2.15. The van der Waals surface area contributed by atoms with Gasteiger partial charge in [-0.25, -0.2) is 0 Å². The summed E-state index contributed by atoms with van der Waals surface area (Å²) in [7, 11) is 0. The normalized spacial score (nSPS) is 20.8. The molecule has 1 unspecified atom stereocenters. The number of hydrogen-bond acceptors (Lipinski definition) is 4. The minimum Gasteiger partial charge on any atom is -0.492 e. The first-order valence-corrected chi connectivity index (χ1v) is 6.97. The van der Waals surface area contributed by atoms with Crippen molar-refractivity contribution in [3.8, 4) is 5.75 Å². The summed E-state index contributed by atoms with van der Waals surface area (Å²) < 4.78 is 5.84. The lowest BCUT2D eigenvalue weighted by molar-refractivity contribution is 0.153. The van der Waals surface area contributed by atoms with E-state index in [0.29, 0.717) is 6.61 Å². The van der Waals surface area contributed by atoms with Crippen LogP contribution in [0.15, 0.2) is 29.4 Å². The van der Waals surface area contributed by atoms with Gasteiger partial charge in [0.1, 0.15) is 12.4 Å². The molecule has 0 bridgehead atoms. The number of likely N-dealkylation sites (tertiary alicyclic amines) is 1. The van der Waals surface area contributed by atoms with E-state index in [1.807, 2.05) is 24.3 Å². The van der Waals surface area contributed by atoms with E-state index in [1.165, 1.54) is 25.9 Å². The van der Waals surface area contributed by atoms with Gasteiger partial charge in [-0.3, -0.25) is 4.90 Å². The highest BCUT2D eigenvalue weighted by atomic mass is 16.5. The number of hydrazone groups is 1. The topological polar surface area (TPSA) is 50.8 Å². The summed E-state index contributed by atoms with van der Waals surface area (Å²) in [6.45, 7) is 6.40. The summed E-state index contributed by atoms with van der Waals surface area (Å²) >= 11 is 0. The van der Waals surface area contributed by atoms with Gasteiger partial charge >= 0.3 is 0 Å². The Hall–Kier alpha value is -1.55. The fourth-order valence-corrected chi connectivity index (χ4v) is 2.57. The Balaban J connectivity index is 1.82. The second-order valence-electron chi connectivity index (χ2n) is 5.21. The third-order valence-corrected chi connectivity index (χ3v) is 3.54. The molecule has 2 N–H and O–H groups in total. The second kappa shape index (κ2) is 7.14. The van der Waals surface area contributed by atoms with Gasteiger partial charge in [0.05, 0.1) is 6.21 Å². The number of nitrogens with two attached hydrogens (primary N) is 1. The molecule has 0 radical (unpaired) electrons. The van der Waals surface area contributed by atoms with Crippen molar-refractivity contribution < 1.29 is 4.74 Å². The molecule has 2 rings (SSSR count). The third-order valence-electron chi connectivity index (χ3n) is 3.54. The summed E-state index contributed by atoms with van der Waals surface area (Å²) in [6.07, 6.45) is 4.28. The Labute approximate surface area is 115 Å². The zero-order valence-corrected chi connectivity index (χ0v) is 11.6. The number of ether oxygens (including phenoxy) is 1. The average Bonchev–Trinajstić information content (AvgIpc) is 2.41. The molecule has 1 fully saturated rings. The highest BCUT2D eigenvalue weighted by molar-refractivity contribution is 5.83. The van der Waals surface area contributed by atoms with E-state index < -0.39 is 0 Å². The number of piperidine rings is 1. The van der Waals surface area contributed by atoms with Gasteiger partial charge in [0.2, 0.25) is 0 Å². The van der Waals surface area contributed by atoms with Crippen LogP contribution in [0.2, 0.25) is 0 Å². The van der Waals surface area contributed by atoms with Gasteiger partial charge in [0, 0.05) is 18.7 Å². The minimum atomic E-state index is 0.710. The van der Waals surface area contributed by atoms with Crippen LogP contribution < -0.4 is 10.6 Å². The fraction of sp³-hybridized carbons (Fsp3) is 0.533. The van der Waals surface area contributed by atoms with E-state index in [2.05, 4.69) is 16.9 Å². The lowest BCUT2D eigenvalue weighted by atomic mass is 10.0. The molecule has 4 nitrogen and oxygen atoms in total. The largest absolute Gasteiger partial charge is 0.492 e. The molecule has 4 heteroatoms. The molecule has 0 aliphatic carbocycles. The first-order chi connectivity index (χ1) is 9.29. The highest BCUT2D eigenvalue weighted by Crippen LogP contribution is 2.17. The van der Waals surface area contributed by atoms with Gasteiger partial charge in [-0.2, -0.15) is 5.10 Å². The molecular weight excluding hydrogens is 238 g/mol. The van der Waals surface area contributed by atoms with Crippen molar-refractivity contribution in [1.82, 2.24) is 4.90 Å². The second-order valence-corrected chi connectivity index (χ2v) is 5.21. The first kappa shape index (κ1) is 13.9. The van der Waals surface area contributed by atoms with Crippen molar-refractivity contribution in [2.75, 3.05) is 26.2 Å². The maximum atomic E-state index is 5.84. The molecule has 0 amide bonds. The van der Waals surface area contributed by atoms with E-state index in [0.717, 1.165) is 23.8 Å². The summed E-state index contributed by atoms with van der Waals surface area (Å²) in [6, 6.07) is 7.83. The van der Waals surface area contributed by atoms with Gasteiger partial charge < -0.3 is 10.6 Å². The molecule has 0 aromatic heterocycles. The maximum absolute atomic E-state index is 5.84. The van der Waals surface area contributed by atoms with Crippen LogP contribution in [0.1, 0.15) is 25.3 Å². The van der Waals surface area contributed by atoms with Crippen LogP contribution in [0.25, 0.3) is 0 Å². The van der Waals surface area contributed by atoms with E-state index in [4.69, 9.17) is 10.6 Å². The third kappa shape index (κ3) is 4.24. The average molecular weight is 261 g/mol. The van der Waals surface area contributed by atoms with Crippen LogP contribution in [-0.4, -0.2) is 37.4 Å². The van der Waals surface area contributed by atoms with Gasteiger partial charge in [-0.1, -0.05) is 19.1 Å². The van der Waals surface area contributed by atoms with Crippen LogP contribution in [0.3, 0.4) is 0 Å². The van der Waals surface area contributed by atoms with Gasteiger partial charge in [0.25, 0.3) is 0 Å². The molecule has 1 aliphatic rings. The summed E-state index contributed by atoms with van der Waals surface area (Å²) in [5.41, 5.74) is 0.928.